The fourth-order valence-electron chi connectivity index (χ4n) is 3.74. The zero-order chi connectivity index (χ0) is 24.5. The number of imidazole rings is 1. The lowest BCUT2D eigenvalue weighted by molar-refractivity contribution is -0.137. The van der Waals surface area contributed by atoms with Crippen molar-refractivity contribution >= 4 is 17.4 Å². The predicted octanol–water partition coefficient (Wildman–Crippen LogP) is 5.59. The van der Waals surface area contributed by atoms with Crippen molar-refractivity contribution in [3.63, 3.8) is 0 Å². The van der Waals surface area contributed by atoms with Crippen LogP contribution in [0.3, 0.4) is 0 Å². The molecule has 9 heteroatoms. The summed E-state index contributed by atoms with van der Waals surface area (Å²) in [4.78, 5) is 19.0. The first-order valence-corrected chi connectivity index (χ1v) is 10.4. The lowest BCUT2D eigenvalue weighted by atomic mass is 10.1. The van der Waals surface area contributed by atoms with Gasteiger partial charge in [0.2, 0.25) is 5.91 Å². The maximum absolute atomic E-state index is 13.0. The summed E-state index contributed by atoms with van der Waals surface area (Å²) in [7, 11) is 3.06. The lowest BCUT2D eigenvalue weighted by Crippen LogP contribution is -2.29. The normalized spacial score (nSPS) is 11.5. The van der Waals surface area contributed by atoms with E-state index in [-0.39, 0.29) is 12.5 Å². The molecule has 4 aromatic rings. The molecule has 0 saturated heterocycles. The Kier molecular flexibility index (Phi) is 6.19. The summed E-state index contributed by atoms with van der Waals surface area (Å²) < 4.78 is 51.4. The smallest absolute Gasteiger partial charge is 0.416 e. The van der Waals surface area contributed by atoms with Crippen molar-refractivity contribution in [2.24, 2.45) is 0 Å². The molecule has 0 spiro atoms. The number of halogens is 3. The van der Waals surface area contributed by atoms with E-state index in [4.69, 9.17) is 14.5 Å². The van der Waals surface area contributed by atoms with Crippen LogP contribution in [0.2, 0.25) is 0 Å². The Morgan fingerprint density at radius 3 is 2.32 bits per heavy atom. The number of aromatic nitrogens is 2. The van der Waals surface area contributed by atoms with E-state index in [9.17, 15) is 18.0 Å². The average molecular weight is 469 g/mol. The Morgan fingerprint density at radius 1 is 1.00 bits per heavy atom. The fraction of sp³-hybridized carbons (Fsp3) is 0.200. The molecule has 176 valence electrons. The van der Waals surface area contributed by atoms with Gasteiger partial charge in [-0.05, 0) is 48.0 Å². The van der Waals surface area contributed by atoms with Gasteiger partial charge in [-0.25, -0.2) is 4.98 Å². The van der Waals surface area contributed by atoms with Gasteiger partial charge >= 0.3 is 6.18 Å². The van der Waals surface area contributed by atoms with Gasteiger partial charge in [-0.2, -0.15) is 13.2 Å². The van der Waals surface area contributed by atoms with E-state index in [0.717, 1.165) is 12.1 Å². The number of nitrogens with zero attached hydrogens (tertiary/aromatic N) is 3. The van der Waals surface area contributed by atoms with Crippen LogP contribution in [0, 0.1) is 0 Å². The summed E-state index contributed by atoms with van der Waals surface area (Å²) in [6.45, 7) is 1.47. The van der Waals surface area contributed by atoms with E-state index in [2.05, 4.69) is 0 Å². The molecule has 34 heavy (non-hydrogen) atoms. The molecule has 2 heterocycles. The molecule has 0 fully saturated rings. The third-order valence-electron chi connectivity index (χ3n) is 5.42. The summed E-state index contributed by atoms with van der Waals surface area (Å²) in [5, 5.41) is 0. The molecule has 0 unspecified atom stereocenters. The summed E-state index contributed by atoms with van der Waals surface area (Å²) in [6, 6.07) is 15.5. The first kappa shape index (κ1) is 23.2. The largest absolute Gasteiger partial charge is 0.493 e. The van der Waals surface area contributed by atoms with Crippen LogP contribution in [0.5, 0.6) is 11.5 Å². The molecule has 2 aromatic heterocycles. The van der Waals surface area contributed by atoms with Gasteiger partial charge < -0.3 is 9.47 Å². The monoisotopic (exact) mass is 469 g/mol. The highest BCUT2D eigenvalue weighted by atomic mass is 19.4. The first-order chi connectivity index (χ1) is 16.2. The quantitative estimate of drug-likeness (QED) is 0.369. The third-order valence-corrected chi connectivity index (χ3v) is 5.42. The average Bonchev–Trinajstić information content (AvgIpc) is 3.21. The number of ether oxygens (including phenoxy) is 2. The number of alkyl halides is 3. The van der Waals surface area contributed by atoms with E-state index >= 15 is 0 Å². The van der Waals surface area contributed by atoms with Crippen molar-refractivity contribution in [2.75, 3.05) is 19.1 Å². The summed E-state index contributed by atoms with van der Waals surface area (Å²) in [5.41, 5.74) is 1.63. The Hall–Kier alpha value is -4.01. The Bertz CT molecular complexity index is 1330. The van der Waals surface area contributed by atoms with Gasteiger partial charge in [-0.15, -0.1) is 0 Å². The molecule has 2 aromatic carbocycles. The van der Waals surface area contributed by atoms with Crippen molar-refractivity contribution in [1.29, 1.82) is 0 Å². The maximum atomic E-state index is 13.0. The number of anilines is 1. The summed E-state index contributed by atoms with van der Waals surface area (Å²) in [5.74, 6) is 1.26. The van der Waals surface area contributed by atoms with Gasteiger partial charge in [0.25, 0.3) is 0 Å². The minimum absolute atomic E-state index is 0.0659. The van der Waals surface area contributed by atoms with Gasteiger partial charge in [-0.3, -0.25) is 14.1 Å². The number of fused-ring (bicyclic) bond motifs is 1. The van der Waals surface area contributed by atoms with Crippen molar-refractivity contribution in [3.8, 4) is 22.8 Å². The minimum atomic E-state index is -4.43. The van der Waals surface area contributed by atoms with Crippen LogP contribution in [0.4, 0.5) is 19.0 Å². The summed E-state index contributed by atoms with van der Waals surface area (Å²) >= 11 is 0. The number of carbonyl (C=O) groups excluding carboxylic acids is 1. The summed E-state index contributed by atoms with van der Waals surface area (Å²) in [6.07, 6.45) is -2.65. The molecule has 0 aliphatic rings. The van der Waals surface area contributed by atoms with Crippen molar-refractivity contribution in [1.82, 2.24) is 9.38 Å². The molecular formula is C25H22F3N3O3. The van der Waals surface area contributed by atoms with E-state index in [1.54, 1.807) is 22.7 Å². The SMILES string of the molecule is COc1ccc(-c2nc3ccccn3c2N(Cc2ccc(C(F)(F)F)cc2)C(C)=O)cc1OC. The number of hydrogen-bond donors (Lipinski definition) is 0. The Balaban J connectivity index is 1.83. The van der Waals surface area contributed by atoms with E-state index in [1.807, 2.05) is 24.3 Å². The van der Waals surface area contributed by atoms with Crippen LogP contribution >= 0.6 is 0 Å². The van der Waals surface area contributed by atoms with Crippen LogP contribution in [-0.2, 0) is 17.5 Å². The van der Waals surface area contributed by atoms with Crippen LogP contribution in [0.25, 0.3) is 16.9 Å². The molecule has 0 aliphatic heterocycles. The van der Waals surface area contributed by atoms with Gasteiger partial charge in [0.15, 0.2) is 11.5 Å². The van der Waals surface area contributed by atoms with Gasteiger partial charge in [0.1, 0.15) is 17.2 Å². The second kappa shape index (κ2) is 9.09. The molecular weight excluding hydrogens is 447 g/mol. The molecule has 0 saturated carbocycles. The van der Waals surface area contributed by atoms with Crippen LogP contribution in [-0.4, -0.2) is 29.5 Å². The molecule has 1 amide bonds. The van der Waals surface area contributed by atoms with Crippen molar-refractivity contribution < 1.29 is 27.4 Å². The molecule has 0 N–H and O–H groups in total. The lowest BCUT2D eigenvalue weighted by Gasteiger charge is -2.22. The third kappa shape index (κ3) is 4.41. The number of amides is 1. The van der Waals surface area contributed by atoms with E-state index in [1.165, 1.54) is 38.2 Å². The van der Waals surface area contributed by atoms with E-state index in [0.29, 0.717) is 39.8 Å². The van der Waals surface area contributed by atoms with Crippen molar-refractivity contribution in [2.45, 2.75) is 19.6 Å². The minimum Gasteiger partial charge on any atom is -0.493 e. The molecule has 0 radical (unpaired) electrons. The Morgan fingerprint density at radius 2 is 1.71 bits per heavy atom. The van der Waals surface area contributed by atoms with Crippen LogP contribution in [0.15, 0.2) is 66.9 Å². The molecule has 0 bridgehead atoms. The first-order valence-electron chi connectivity index (χ1n) is 10.4. The maximum Gasteiger partial charge on any atom is 0.416 e. The van der Waals surface area contributed by atoms with E-state index < -0.39 is 11.7 Å². The highest BCUT2D eigenvalue weighted by molar-refractivity contribution is 5.95. The zero-order valence-electron chi connectivity index (χ0n) is 18.8. The molecule has 0 atom stereocenters. The number of methoxy groups -OCH3 is 2. The molecule has 6 nitrogen and oxygen atoms in total. The second-order valence-electron chi connectivity index (χ2n) is 7.58. The molecule has 4 rings (SSSR count). The number of carbonyl (C=O) groups is 1. The highest BCUT2D eigenvalue weighted by Crippen LogP contribution is 2.37. The fourth-order valence-corrected chi connectivity index (χ4v) is 3.74. The van der Waals surface area contributed by atoms with Crippen LogP contribution in [0.1, 0.15) is 18.1 Å². The standard InChI is InChI=1S/C25H22F3N3O3/c1-16(32)31(15-17-7-10-19(11-8-17)25(26,27)28)24-23(29-22-6-4-5-13-30(22)24)18-9-12-20(33-2)21(14-18)34-3/h4-14H,15H2,1-3H3. The number of benzene rings is 2. The van der Waals surface area contributed by atoms with Gasteiger partial charge in [-0.1, -0.05) is 18.2 Å². The van der Waals surface area contributed by atoms with Crippen molar-refractivity contribution in [3.05, 3.63) is 78.0 Å². The number of hydrogen-bond acceptors (Lipinski definition) is 4. The van der Waals surface area contributed by atoms with Gasteiger partial charge in [0, 0.05) is 18.7 Å². The zero-order valence-corrected chi connectivity index (χ0v) is 18.8. The Labute approximate surface area is 194 Å². The molecule has 0 aliphatic carbocycles. The number of pyridine rings is 1. The number of rotatable bonds is 6. The highest BCUT2D eigenvalue weighted by Gasteiger charge is 2.30. The second-order valence-corrected chi connectivity index (χ2v) is 7.58. The topological polar surface area (TPSA) is 56.1 Å². The van der Waals surface area contributed by atoms with Crippen LogP contribution < -0.4 is 14.4 Å². The van der Waals surface area contributed by atoms with Gasteiger partial charge in [0.05, 0.1) is 26.3 Å². The predicted molar refractivity (Wildman–Crippen MR) is 122 cm³/mol.